The molecule has 1 fully saturated rings. The topological polar surface area (TPSA) is 75.1 Å². The van der Waals surface area contributed by atoms with E-state index in [0.717, 1.165) is 18.4 Å². The number of hydrogen-bond donors (Lipinski definition) is 2. The molecule has 0 saturated heterocycles. The Morgan fingerprint density at radius 2 is 1.77 bits per heavy atom. The Balaban J connectivity index is 1.62. The molecule has 5 nitrogen and oxygen atoms in total. The first-order chi connectivity index (χ1) is 10.6. The number of carbonyl (C=O) groups excluding carboxylic acids is 1. The second kappa shape index (κ2) is 6.23. The largest absolute Gasteiger partial charge is 0.389 e. The molecule has 0 spiro atoms. The smallest absolute Gasteiger partial charge is 0.227 e. The summed E-state index contributed by atoms with van der Waals surface area (Å²) < 4.78 is 0. The first kappa shape index (κ1) is 14.7. The molecule has 0 unspecified atom stereocenters. The molecule has 2 aromatic rings. The van der Waals surface area contributed by atoms with Gasteiger partial charge in [-0.05, 0) is 12.8 Å². The van der Waals surface area contributed by atoms with E-state index in [4.69, 9.17) is 0 Å². The van der Waals surface area contributed by atoms with Crippen LogP contribution in [0.3, 0.4) is 0 Å². The maximum absolute atomic E-state index is 12.0. The molecule has 1 aromatic carbocycles. The van der Waals surface area contributed by atoms with E-state index < -0.39 is 5.60 Å². The minimum absolute atomic E-state index is 0.132. The summed E-state index contributed by atoms with van der Waals surface area (Å²) in [5.74, 6) is 0.425. The van der Waals surface area contributed by atoms with Crippen LogP contribution in [0.4, 0.5) is 5.69 Å². The SMILES string of the molecule is O=C(CC1(O)CCCC1)Nc1cnc(-c2ccccc2)nc1. The zero-order valence-corrected chi connectivity index (χ0v) is 12.3. The van der Waals surface area contributed by atoms with E-state index in [1.807, 2.05) is 30.3 Å². The van der Waals surface area contributed by atoms with Crippen LogP contribution in [0.25, 0.3) is 11.4 Å². The fraction of sp³-hybridized carbons (Fsp3) is 0.353. The molecular weight excluding hydrogens is 278 g/mol. The molecular formula is C17H19N3O2. The van der Waals surface area contributed by atoms with Gasteiger partial charge in [0.05, 0.1) is 30.1 Å². The van der Waals surface area contributed by atoms with Crippen molar-refractivity contribution in [2.75, 3.05) is 5.32 Å². The molecule has 2 N–H and O–H groups in total. The summed E-state index contributed by atoms with van der Waals surface area (Å²) in [7, 11) is 0. The van der Waals surface area contributed by atoms with Crippen molar-refractivity contribution in [3.8, 4) is 11.4 Å². The van der Waals surface area contributed by atoms with Crippen LogP contribution in [0.15, 0.2) is 42.7 Å². The van der Waals surface area contributed by atoms with E-state index in [1.165, 1.54) is 0 Å². The van der Waals surface area contributed by atoms with Crippen molar-refractivity contribution in [3.63, 3.8) is 0 Å². The third-order valence-corrected chi connectivity index (χ3v) is 3.99. The monoisotopic (exact) mass is 297 g/mol. The number of hydrogen-bond acceptors (Lipinski definition) is 4. The summed E-state index contributed by atoms with van der Waals surface area (Å²) in [5, 5.41) is 13.0. The van der Waals surface area contributed by atoms with Crippen molar-refractivity contribution in [1.29, 1.82) is 0 Å². The Kier molecular flexibility index (Phi) is 4.15. The molecule has 0 radical (unpaired) electrons. The van der Waals surface area contributed by atoms with Gasteiger partial charge in [-0.1, -0.05) is 43.2 Å². The van der Waals surface area contributed by atoms with Crippen molar-refractivity contribution in [2.45, 2.75) is 37.7 Å². The summed E-state index contributed by atoms with van der Waals surface area (Å²) in [5.41, 5.74) is 0.640. The fourth-order valence-electron chi connectivity index (χ4n) is 2.84. The number of nitrogens with one attached hydrogen (secondary N) is 1. The first-order valence-electron chi connectivity index (χ1n) is 7.54. The number of amides is 1. The van der Waals surface area contributed by atoms with E-state index in [0.29, 0.717) is 24.4 Å². The van der Waals surface area contributed by atoms with Crippen molar-refractivity contribution >= 4 is 11.6 Å². The number of aromatic nitrogens is 2. The first-order valence-corrected chi connectivity index (χ1v) is 7.54. The van der Waals surface area contributed by atoms with Crippen LogP contribution >= 0.6 is 0 Å². The van der Waals surface area contributed by atoms with Gasteiger partial charge in [-0.15, -0.1) is 0 Å². The number of nitrogens with zero attached hydrogens (tertiary/aromatic N) is 2. The lowest BCUT2D eigenvalue weighted by Crippen LogP contribution is -2.30. The fourth-order valence-corrected chi connectivity index (χ4v) is 2.84. The molecule has 0 atom stereocenters. The summed E-state index contributed by atoms with van der Waals surface area (Å²) in [6.07, 6.45) is 6.68. The van der Waals surface area contributed by atoms with Gasteiger partial charge in [0, 0.05) is 5.56 Å². The number of anilines is 1. The van der Waals surface area contributed by atoms with Crippen LogP contribution < -0.4 is 5.32 Å². The van der Waals surface area contributed by atoms with Gasteiger partial charge in [-0.2, -0.15) is 0 Å². The Bertz CT molecular complexity index is 635. The zero-order valence-electron chi connectivity index (χ0n) is 12.3. The predicted molar refractivity (Wildman–Crippen MR) is 84.1 cm³/mol. The quantitative estimate of drug-likeness (QED) is 0.910. The highest BCUT2D eigenvalue weighted by Crippen LogP contribution is 2.32. The molecule has 1 aliphatic carbocycles. The Labute approximate surface area is 129 Å². The summed E-state index contributed by atoms with van der Waals surface area (Å²) in [6.45, 7) is 0. The van der Waals surface area contributed by atoms with Crippen molar-refractivity contribution < 1.29 is 9.90 Å². The molecule has 1 saturated carbocycles. The zero-order chi connectivity index (χ0) is 15.4. The lowest BCUT2D eigenvalue weighted by molar-refractivity contribution is -0.120. The van der Waals surface area contributed by atoms with Gasteiger partial charge in [-0.25, -0.2) is 9.97 Å². The van der Waals surface area contributed by atoms with Gasteiger partial charge >= 0.3 is 0 Å². The van der Waals surface area contributed by atoms with Crippen molar-refractivity contribution in [2.24, 2.45) is 0 Å². The summed E-state index contributed by atoms with van der Waals surface area (Å²) in [6, 6.07) is 9.66. The van der Waals surface area contributed by atoms with Crippen LogP contribution in [0.2, 0.25) is 0 Å². The number of aliphatic hydroxyl groups is 1. The van der Waals surface area contributed by atoms with Gasteiger partial charge in [0.25, 0.3) is 0 Å². The molecule has 1 heterocycles. The molecule has 5 heteroatoms. The van der Waals surface area contributed by atoms with Crippen molar-refractivity contribution in [3.05, 3.63) is 42.7 Å². The average Bonchev–Trinajstić information content (AvgIpc) is 2.95. The van der Waals surface area contributed by atoms with E-state index in [-0.39, 0.29) is 12.3 Å². The minimum atomic E-state index is -0.838. The van der Waals surface area contributed by atoms with Gasteiger partial charge in [0.2, 0.25) is 5.91 Å². The molecule has 114 valence electrons. The van der Waals surface area contributed by atoms with Crippen LogP contribution in [-0.2, 0) is 4.79 Å². The highest BCUT2D eigenvalue weighted by molar-refractivity contribution is 5.91. The molecule has 1 aliphatic rings. The molecule has 22 heavy (non-hydrogen) atoms. The molecule has 0 bridgehead atoms. The Morgan fingerprint density at radius 3 is 2.41 bits per heavy atom. The molecule has 3 rings (SSSR count). The maximum Gasteiger partial charge on any atom is 0.227 e. The minimum Gasteiger partial charge on any atom is -0.389 e. The number of carbonyl (C=O) groups is 1. The standard InChI is InChI=1S/C17H19N3O2/c21-15(10-17(22)8-4-5-9-17)20-14-11-18-16(19-12-14)13-6-2-1-3-7-13/h1-3,6-7,11-12,22H,4-5,8-10H2,(H,20,21). The van der Waals surface area contributed by atoms with Gasteiger partial charge in [0.1, 0.15) is 0 Å². The Morgan fingerprint density at radius 1 is 1.14 bits per heavy atom. The average molecular weight is 297 g/mol. The molecule has 1 amide bonds. The Hall–Kier alpha value is -2.27. The van der Waals surface area contributed by atoms with E-state index in [1.54, 1.807) is 12.4 Å². The van der Waals surface area contributed by atoms with Gasteiger partial charge in [-0.3, -0.25) is 4.79 Å². The maximum atomic E-state index is 12.0. The second-order valence-electron chi connectivity index (χ2n) is 5.82. The third kappa shape index (κ3) is 3.49. The molecule has 1 aromatic heterocycles. The second-order valence-corrected chi connectivity index (χ2v) is 5.82. The highest BCUT2D eigenvalue weighted by atomic mass is 16.3. The number of benzene rings is 1. The number of rotatable bonds is 4. The molecule has 0 aliphatic heterocycles. The lowest BCUT2D eigenvalue weighted by atomic mass is 9.98. The van der Waals surface area contributed by atoms with Crippen molar-refractivity contribution in [1.82, 2.24) is 9.97 Å². The van der Waals surface area contributed by atoms with Gasteiger partial charge in [0.15, 0.2) is 5.82 Å². The highest BCUT2D eigenvalue weighted by Gasteiger charge is 2.33. The van der Waals surface area contributed by atoms with E-state index >= 15 is 0 Å². The normalized spacial score (nSPS) is 16.4. The van der Waals surface area contributed by atoms with Crippen LogP contribution in [0.5, 0.6) is 0 Å². The van der Waals surface area contributed by atoms with Gasteiger partial charge < -0.3 is 10.4 Å². The third-order valence-electron chi connectivity index (χ3n) is 3.99. The van der Waals surface area contributed by atoms with E-state index in [9.17, 15) is 9.90 Å². The van der Waals surface area contributed by atoms with Crippen LogP contribution in [-0.4, -0.2) is 26.6 Å². The van der Waals surface area contributed by atoms with E-state index in [2.05, 4.69) is 15.3 Å². The van der Waals surface area contributed by atoms with Crippen LogP contribution in [0, 0.1) is 0 Å². The summed E-state index contributed by atoms with van der Waals surface area (Å²) >= 11 is 0. The lowest BCUT2D eigenvalue weighted by Gasteiger charge is -2.20. The predicted octanol–water partition coefficient (Wildman–Crippen LogP) is 2.78. The van der Waals surface area contributed by atoms with Crippen LogP contribution in [0.1, 0.15) is 32.1 Å². The summed E-state index contributed by atoms with van der Waals surface area (Å²) in [4.78, 5) is 20.5.